The zero-order valence-corrected chi connectivity index (χ0v) is 13.5. The quantitative estimate of drug-likeness (QED) is 0.654. The first-order valence-electron chi connectivity index (χ1n) is 6.84. The van der Waals surface area contributed by atoms with Gasteiger partial charge in [-0.3, -0.25) is 4.79 Å². The number of anilines is 3. The van der Waals surface area contributed by atoms with E-state index in [2.05, 4.69) is 36.5 Å². The molecule has 6 nitrogen and oxygen atoms in total. The van der Waals surface area contributed by atoms with Crippen LogP contribution in [-0.4, -0.2) is 27.6 Å². The predicted octanol–water partition coefficient (Wildman–Crippen LogP) is 3.07. The molecule has 0 radical (unpaired) electrons. The fraction of sp³-hybridized carbons (Fsp3) is 0.0625. The van der Waals surface area contributed by atoms with Crippen LogP contribution in [0.15, 0.2) is 53.3 Å². The zero-order valence-electron chi connectivity index (χ0n) is 12.0. The Labute approximate surface area is 140 Å². The number of benzene rings is 2. The van der Waals surface area contributed by atoms with E-state index in [1.54, 1.807) is 18.2 Å². The molecule has 0 aliphatic heterocycles. The van der Waals surface area contributed by atoms with Crippen LogP contribution < -0.4 is 10.6 Å². The van der Waals surface area contributed by atoms with Crippen molar-refractivity contribution in [1.82, 2.24) is 9.97 Å². The van der Waals surface area contributed by atoms with Crippen LogP contribution in [0.25, 0.3) is 10.9 Å². The maximum absolute atomic E-state index is 11.3. The van der Waals surface area contributed by atoms with Gasteiger partial charge in [-0.15, -0.1) is 0 Å². The molecule has 0 saturated heterocycles. The van der Waals surface area contributed by atoms with Crippen molar-refractivity contribution < 1.29 is 9.90 Å². The lowest BCUT2D eigenvalue weighted by Crippen LogP contribution is -2.15. The first-order valence-corrected chi connectivity index (χ1v) is 7.63. The number of aliphatic hydroxyl groups excluding tert-OH is 1. The highest BCUT2D eigenvalue weighted by atomic mass is 79.9. The Morgan fingerprint density at radius 1 is 1.13 bits per heavy atom. The Kier molecular flexibility index (Phi) is 4.50. The molecule has 116 valence electrons. The van der Waals surface area contributed by atoms with Crippen molar-refractivity contribution in [2.24, 2.45) is 0 Å². The molecule has 0 bridgehead atoms. The molecular weight excluding hydrogens is 360 g/mol. The number of hydrogen-bond acceptors (Lipinski definition) is 5. The van der Waals surface area contributed by atoms with E-state index in [9.17, 15) is 4.79 Å². The molecule has 1 aromatic heterocycles. The number of nitrogens with one attached hydrogen (secondary N) is 2. The smallest absolute Gasteiger partial charge is 0.250 e. The molecule has 23 heavy (non-hydrogen) atoms. The number of nitrogens with zero attached hydrogens (tertiary/aromatic N) is 2. The Hall–Kier alpha value is -2.51. The number of rotatable bonds is 4. The van der Waals surface area contributed by atoms with Crippen molar-refractivity contribution in [2.75, 3.05) is 17.2 Å². The van der Waals surface area contributed by atoms with Gasteiger partial charge < -0.3 is 15.7 Å². The summed E-state index contributed by atoms with van der Waals surface area (Å²) in [5.74, 6) is 0.163. The molecule has 0 spiro atoms. The van der Waals surface area contributed by atoms with Crippen molar-refractivity contribution in [1.29, 1.82) is 0 Å². The Bertz CT molecular complexity index is 870. The second kappa shape index (κ2) is 6.72. The van der Waals surface area contributed by atoms with Crippen molar-refractivity contribution in [3.63, 3.8) is 0 Å². The van der Waals surface area contributed by atoms with Gasteiger partial charge in [-0.05, 0) is 36.4 Å². The van der Waals surface area contributed by atoms with Crippen molar-refractivity contribution >= 4 is 49.9 Å². The van der Waals surface area contributed by atoms with Crippen LogP contribution in [0.5, 0.6) is 0 Å². The van der Waals surface area contributed by atoms with Crippen molar-refractivity contribution in [3.8, 4) is 0 Å². The summed E-state index contributed by atoms with van der Waals surface area (Å²) in [5.41, 5.74) is 2.20. The highest BCUT2D eigenvalue weighted by Crippen LogP contribution is 2.26. The molecule has 0 saturated carbocycles. The number of fused-ring (bicyclic) bond motifs is 1. The summed E-state index contributed by atoms with van der Waals surface area (Å²) >= 11 is 3.43. The number of carbonyl (C=O) groups excluding carboxylic acids is 1. The standard InChI is InChI=1S/C16H13BrN4O2/c17-10-2-1-3-11(6-10)21-16-13-7-12(20-15(23)8-22)4-5-14(13)18-9-19-16/h1-7,9,22H,8H2,(H,20,23)(H,18,19,21). The Morgan fingerprint density at radius 2 is 2.00 bits per heavy atom. The third-order valence-corrected chi connectivity index (χ3v) is 3.64. The van der Waals surface area contributed by atoms with E-state index >= 15 is 0 Å². The summed E-state index contributed by atoms with van der Waals surface area (Å²) < 4.78 is 0.955. The van der Waals surface area contributed by atoms with E-state index in [0.29, 0.717) is 11.5 Å². The highest BCUT2D eigenvalue weighted by Gasteiger charge is 2.07. The van der Waals surface area contributed by atoms with Crippen molar-refractivity contribution in [2.45, 2.75) is 0 Å². The van der Waals surface area contributed by atoms with Gasteiger partial charge in [0.05, 0.1) is 5.52 Å². The van der Waals surface area contributed by atoms with Crippen LogP contribution in [0.2, 0.25) is 0 Å². The minimum absolute atomic E-state index is 0.470. The number of carbonyl (C=O) groups is 1. The summed E-state index contributed by atoms with van der Waals surface area (Å²) in [6.45, 7) is -0.563. The maximum atomic E-state index is 11.3. The molecular formula is C16H13BrN4O2. The number of aromatic nitrogens is 2. The first kappa shape index (κ1) is 15.4. The minimum Gasteiger partial charge on any atom is -0.387 e. The van der Waals surface area contributed by atoms with E-state index in [1.807, 2.05) is 24.3 Å². The van der Waals surface area contributed by atoms with Crippen LogP contribution in [0.1, 0.15) is 0 Å². The lowest BCUT2D eigenvalue weighted by molar-refractivity contribution is -0.118. The molecule has 0 unspecified atom stereocenters. The van der Waals surface area contributed by atoms with Crippen LogP contribution in [0.4, 0.5) is 17.2 Å². The molecule has 2 aromatic carbocycles. The molecule has 7 heteroatoms. The summed E-state index contributed by atoms with van der Waals surface area (Å²) in [6, 6.07) is 13.0. The maximum Gasteiger partial charge on any atom is 0.250 e. The summed E-state index contributed by atoms with van der Waals surface area (Å²) in [7, 11) is 0. The number of amides is 1. The molecule has 3 N–H and O–H groups in total. The van der Waals surface area contributed by atoms with Crippen LogP contribution in [0.3, 0.4) is 0 Å². The lowest BCUT2D eigenvalue weighted by atomic mass is 10.2. The number of halogens is 1. The fourth-order valence-electron chi connectivity index (χ4n) is 2.14. The SMILES string of the molecule is O=C(CO)Nc1ccc2ncnc(Nc3cccc(Br)c3)c2c1. The summed E-state index contributed by atoms with van der Waals surface area (Å²) in [4.78, 5) is 19.8. The van der Waals surface area contributed by atoms with E-state index in [0.717, 1.165) is 21.1 Å². The molecule has 0 aliphatic rings. The zero-order chi connectivity index (χ0) is 16.2. The normalized spacial score (nSPS) is 10.5. The van der Waals surface area contributed by atoms with Crippen molar-refractivity contribution in [3.05, 3.63) is 53.3 Å². The van der Waals surface area contributed by atoms with Gasteiger partial charge in [0.2, 0.25) is 5.91 Å². The van der Waals surface area contributed by atoms with Crippen LogP contribution in [0, 0.1) is 0 Å². The van der Waals surface area contributed by atoms with Gasteiger partial charge in [-0.2, -0.15) is 0 Å². The van der Waals surface area contributed by atoms with E-state index in [-0.39, 0.29) is 0 Å². The third kappa shape index (κ3) is 3.64. The fourth-order valence-corrected chi connectivity index (χ4v) is 2.54. The lowest BCUT2D eigenvalue weighted by Gasteiger charge is -2.10. The topological polar surface area (TPSA) is 87.1 Å². The molecule has 0 aliphatic carbocycles. The summed E-state index contributed by atoms with van der Waals surface area (Å²) in [6.07, 6.45) is 1.48. The van der Waals surface area contributed by atoms with Gasteiger partial charge in [0.15, 0.2) is 0 Å². The molecule has 0 fully saturated rings. The second-order valence-electron chi connectivity index (χ2n) is 4.80. The number of aliphatic hydroxyl groups is 1. The van der Waals surface area contributed by atoms with Crippen LogP contribution >= 0.6 is 15.9 Å². The Balaban J connectivity index is 1.99. The van der Waals surface area contributed by atoms with Gasteiger partial charge in [-0.25, -0.2) is 9.97 Å². The Morgan fingerprint density at radius 3 is 2.78 bits per heavy atom. The molecule has 1 amide bonds. The average molecular weight is 373 g/mol. The van der Waals surface area contributed by atoms with E-state index < -0.39 is 12.5 Å². The monoisotopic (exact) mass is 372 g/mol. The summed E-state index contributed by atoms with van der Waals surface area (Å²) in [5, 5.41) is 15.4. The van der Waals surface area contributed by atoms with Gasteiger partial charge in [-0.1, -0.05) is 22.0 Å². The molecule has 3 rings (SSSR count). The van der Waals surface area contributed by atoms with Crippen LogP contribution in [-0.2, 0) is 4.79 Å². The van der Waals surface area contributed by atoms with E-state index in [4.69, 9.17) is 5.11 Å². The highest BCUT2D eigenvalue weighted by molar-refractivity contribution is 9.10. The molecule has 1 heterocycles. The molecule has 0 atom stereocenters. The molecule has 3 aromatic rings. The third-order valence-electron chi connectivity index (χ3n) is 3.15. The average Bonchev–Trinajstić information content (AvgIpc) is 2.55. The predicted molar refractivity (Wildman–Crippen MR) is 92.7 cm³/mol. The minimum atomic E-state index is -0.563. The van der Waals surface area contributed by atoms with E-state index in [1.165, 1.54) is 6.33 Å². The number of hydrogen-bond donors (Lipinski definition) is 3. The first-order chi connectivity index (χ1) is 11.2. The van der Waals surface area contributed by atoms with Gasteiger partial charge >= 0.3 is 0 Å². The van der Waals surface area contributed by atoms with Gasteiger partial charge in [0, 0.05) is 21.2 Å². The largest absolute Gasteiger partial charge is 0.387 e. The van der Waals surface area contributed by atoms with Gasteiger partial charge in [0.1, 0.15) is 18.8 Å². The van der Waals surface area contributed by atoms with Gasteiger partial charge in [0.25, 0.3) is 0 Å². The second-order valence-corrected chi connectivity index (χ2v) is 5.71.